The minimum Gasteiger partial charge on any atom is -0.314 e. The maximum absolute atomic E-state index is 13.3. The Balaban J connectivity index is 2.28. The lowest BCUT2D eigenvalue weighted by molar-refractivity contribution is -0.122. The summed E-state index contributed by atoms with van der Waals surface area (Å²) in [6, 6.07) is 3.18. The average molecular weight is 254 g/mol. The van der Waals surface area contributed by atoms with Gasteiger partial charge in [0, 0.05) is 26.2 Å². The number of nitrogens with zero attached hydrogens (tertiary/aromatic N) is 1. The molecule has 1 aliphatic heterocycles. The van der Waals surface area contributed by atoms with E-state index in [0.717, 1.165) is 38.3 Å². The first-order valence-corrected chi connectivity index (χ1v) is 6.00. The van der Waals surface area contributed by atoms with Gasteiger partial charge in [0.15, 0.2) is 17.4 Å². The highest BCUT2D eigenvalue weighted by atomic mass is 19.2. The summed E-state index contributed by atoms with van der Waals surface area (Å²) >= 11 is 0. The van der Waals surface area contributed by atoms with E-state index in [4.69, 9.17) is 0 Å². The highest BCUT2D eigenvalue weighted by molar-refractivity contribution is 5.82. The summed E-state index contributed by atoms with van der Waals surface area (Å²) in [5.74, 6) is -1.85. The Morgan fingerprint density at radius 2 is 1.94 bits per heavy atom. The zero-order chi connectivity index (χ0) is 13.1. The number of hydrogen-bond donors (Lipinski definition) is 1. The van der Waals surface area contributed by atoms with Crippen LogP contribution in [0, 0.1) is 11.6 Å². The van der Waals surface area contributed by atoms with Crippen LogP contribution < -0.4 is 5.32 Å². The molecule has 1 aliphatic rings. The third kappa shape index (κ3) is 2.73. The van der Waals surface area contributed by atoms with Crippen LogP contribution >= 0.6 is 0 Å². The predicted octanol–water partition coefficient (Wildman–Crippen LogP) is 1.50. The number of piperazine rings is 1. The molecule has 0 aromatic heterocycles. The van der Waals surface area contributed by atoms with Gasteiger partial charge in [0.25, 0.3) is 0 Å². The molecule has 0 bridgehead atoms. The van der Waals surface area contributed by atoms with Gasteiger partial charge < -0.3 is 5.32 Å². The van der Waals surface area contributed by atoms with Crippen molar-refractivity contribution in [1.29, 1.82) is 0 Å². The molecule has 2 rings (SSSR count). The maximum atomic E-state index is 13.3. The number of halogens is 2. The third-order valence-electron chi connectivity index (χ3n) is 3.16. The second-order valence-corrected chi connectivity index (χ2v) is 4.47. The van der Waals surface area contributed by atoms with Crippen molar-refractivity contribution in [3.8, 4) is 0 Å². The van der Waals surface area contributed by atoms with Gasteiger partial charge in [0.05, 0.1) is 6.04 Å². The van der Waals surface area contributed by atoms with E-state index < -0.39 is 17.7 Å². The summed E-state index contributed by atoms with van der Waals surface area (Å²) in [5.41, 5.74) is 0.517. The van der Waals surface area contributed by atoms with Crippen LogP contribution in [0.3, 0.4) is 0 Å². The first kappa shape index (κ1) is 13.1. The Bertz CT molecular complexity index is 445. The zero-order valence-corrected chi connectivity index (χ0v) is 10.2. The number of rotatable bonds is 3. The number of ketones is 1. The molecule has 1 heterocycles. The fourth-order valence-corrected chi connectivity index (χ4v) is 2.33. The first-order chi connectivity index (χ1) is 8.59. The summed E-state index contributed by atoms with van der Waals surface area (Å²) in [7, 11) is 0. The molecule has 1 aromatic carbocycles. The Labute approximate surface area is 105 Å². The highest BCUT2D eigenvalue weighted by Gasteiger charge is 2.26. The first-order valence-electron chi connectivity index (χ1n) is 6.00. The van der Waals surface area contributed by atoms with E-state index in [1.54, 1.807) is 0 Å². The standard InChI is InChI=1S/C13H16F2N2O/c1-9(18)13(17-6-4-16-5-7-17)10-2-3-11(14)12(15)8-10/h2-3,8,13,16H,4-7H2,1H3. The summed E-state index contributed by atoms with van der Waals surface area (Å²) in [6.07, 6.45) is 0. The lowest BCUT2D eigenvalue weighted by atomic mass is 10.0. The second kappa shape index (κ2) is 5.54. The largest absolute Gasteiger partial charge is 0.314 e. The van der Waals surface area contributed by atoms with E-state index in [9.17, 15) is 13.6 Å². The van der Waals surface area contributed by atoms with E-state index >= 15 is 0 Å². The van der Waals surface area contributed by atoms with E-state index in [-0.39, 0.29) is 5.78 Å². The van der Waals surface area contributed by atoms with Crippen LogP contribution in [-0.2, 0) is 4.79 Å². The third-order valence-corrected chi connectivity index (χ3v) is 3.16. The second-order valence-electron chi connectivity index (χ2n) is 4.47. The summed E-state index contributed by atoms with van der Waals surface area (Å²) in [5, 5.41) is 3.19. The summed E-state index contributed by atoms with van der Waals surface area (Å²) in [6.45, 7) is 4.53. The van der Waals surface area contributed by atoms with Gasteiger partial charge in [-0.05, 0) is 24.6 Å². The quantitative estimate of drug-likeness (QED) is 0.887. The predicted molar refractivity (Wildman–Crippen MR) is 64.2 cm³/mol. The molecule has 1 atom stereocenters. The van der Waals surface area contributed by atoms with Crippen LogP contribution in [0.25, 0.3) is 0 Å². The van der Waals surface area contributed by atoms with Crippen molar-refractivity contribution in [2.45, 2.75) is 13.0 Å². The van der Waals surface area contributed by atoms with Gasteiger partial charge in [-0.3, -0.25) is 9.69 Å². The van der Waals surface area contributed by atoms with Crippen LogP contribution in [0.15, 0.2) is 18.2 Å². The van der Waals surface area contributed by atoms with Gasteiger partial charge in [-0.25, -0.2) is 8.78 Å². The monoisotopic (exact) mass is 254 g/mol. The Kier molecular flexibility index (Phi) is 4.04. The van der Waals surface area contributed by atoms with Crippen molar-refractivity contribution in [2.24, 2.45) is 0 Å². The molecule has 5 heteroatoms. The van der Waals surface area contributed by atoms with Crippen molar-refractivity contribution in [2.75, 3.05) is 26.2 Å². The summed E-state index contributed by atoms with van der Waals surface area (Å²) in [4.78, 5) is 13.8. The smallest absolute Gasteiger partial charge is 0.159 e. The lowest BCUT2D eigenvalue weighted by Gasteiger charge is -2.33. The van der Waals surface area contributed by atoms with Crippen molar-refractivity contribution in [1.82, 2.24) is 10.2 Å². The van der Waals surface area contributed by atoms with Crippen molar-refractivity contribution in [3.05, 3.63) is 35.4 Å². The molecule has 18 heavy (non-hydrogen) atoms. The number of Topliss-reactive ketones (excluding diaryl/α,β-unsaturated/α-hetero) is 1. The van der Waals surface area contributed by atoms with Crippen molar-refractivity contribution >= 4 is 5.78 Å². The van der Waals surface area contributed by atoms with Crippen LogP contribution in [0.1, 0.15) is 18.5 Å². The molecule has 0 radical (unpaired) electrons. The van der Waals surface area contributed by atoms with E-state index in [1.807, 2.05) is 4.90 Å². The SMILES string of the molecule is CC(=O)C(c1ccc(F)c(F)c1)N1CCNCC1. The number of carbonyl (C=O) groups is 1. The lowest BCUT2D eigenvalue weighted by Crippen LogP contribution is -2.46. The van der Waals surface area contributed by atoms with Gasteiger partial charge in [-0.1, -0.05) is 6.07 Å². The molecule has 1 unspecified atom stereocenters. The maximum Gasteiger partial charge on any atom is 0.159 e. The number of nitrogens with one attached hydrogen (secondary N) is 1. The molecule has 0 amide bonds. The minimum absolute atomic E-state index is 0.0529. The molecule has 1 N–H and O–H groups in total. The fourth-order valence-electron chi connectivity index (χ4n) is 2.33. The van der Waals surface area contributed by atoms with Gasteiger partial charge in [-0.2, -0.15) is 0 Å². The topological polar surface area (TPSA) is 32.3 Å². The molecule has 1 fully saturated rings. The van der Waals surface area contributed by atoms with Gasteiger partial charge >= 0.3 is 0 Å². The number of hydrogen-bond acceptors (Lipinski definition) is 3. The van der Waals surface area contributed by atoms with Crippen molar-refractivity contribution in [3.63, 3.8) is 0 Å². The highest BCUT2D eigenvalue weighted by Crippen LogP contribution is 2.23. The van der Waals surface area contributed by atoms with E-state index in [0.29, 0.717) is 5.56 Å². The Morgan fingerprint density at radius 3 is 2.50 bits per heavy atom. The van der Waals surface area contributed by atoms with Crippen molar-refractivity contribution < 1.29 is 13.6 Å². The summed E-state index contributed by atoms with van der Waals surface area (Å²) < 4.78 is 26.2. The fraction of sp³-hybridized carbons (Fsp3) is 0.462. The van der Waals surface area contributed by atoms with Gasteiger partial charge in [-0.15, -0.1) is 0 Å². The molecular weight excluding hydrogens is 238 g/mol. The Hall–Kier alpha value is -1.33. The molecule has 0 aliphatic carbocycles. The zero-order valence-electron chi connectivity index (χ0n) is 10.2. The average Bonchev–Trinajstić information content (AvgIpc) is 2.35. The number of benzene rings is 1. The molecule has 1 saturated heterocycles. The molecule has 1 aromatic rings. The van der Waals surface area contributed by atoms with Crippen LogP contribution in [-0.4, -0.2) is 36.9 Å². The molecule has 0 spiro atoms. The molecule has 0 saturated carbocycles. The van der Waals surface area contributed by atoms with Crippen LogP contribution in [0.2, 0.25) is 0 Å². The molecule has 3 nitrogen and oxygen atoms in total. The Morgan fingerprint density at radius 1 is 1.28 bits per heavy atom. The molecular formula is C13H16F2N2O. The van der Waals surface area contributed by atoms with E-state index in [1.165, 1.54) is 13.0 Å². The number of carbonyl (C=O) groups excluding carboxylic acids is 1. The van der Waals surface area contributed by atoms with Crippen LogP contribution in [0.4, 0.5) is 8.78 Å². The van der Waals surface area contributed by atoms with Gasteiger partial charge in [0.1, 0.15) is 0 Å². The van der Waals surface area contributed by atoms with Gasteiger partial charge in [0.2, 0.25) is 0 Å². The van der Waals surface area contributed by atoms with Crippen LogP contribution in [0.5, 0.6) is 0 Å². The molecule has 98 valence electrons. The normalized spacial score (nSPS) is 18.6. The minimum atomic E-state index is -0.908. The van der Waals surface area contributed by atoms with E-state index in [2.05, 4.69) is 5.32 Å².